The predicted molar refractivity (Wildman–Crippen MR) is 68.7 cm³/mol. The van der Waals surface area contributed by atoms with Crippen molar-refractivity contribution >= 4 is 0 Å². The van der Waals surface area contributed by atoms with Crippen molar-refractivity contribution in [3.63, 3.8) is 0 Å². The van der Waals surface area contributed by atoms with Crippen LogP contribution in [0.2, 0.25) is 0 Å². The van der Waals surface area contributed by atoms with Gasteiger partial charge in [-0.3, -0.25) is 0 Å². The zero-order chi connectivity index (χ0) is 12.5. The second-order valence-electron chi connectivity index (χ2n) is 5.47. The van der Waals surface area contributed by atoms with Crippen LogP contribution in [0.15, 0.2) is 12.1 Å². The zero-order valence-electron chi connectivity index (χ0n) is 11.3. The van der Waals surface area contributed by atoms with Gasteiger partial charge in [-0.05, 0) is 40.5 Å². The van der Waals surface area contributed by atoms with E-state index in [9.17, 15) is 4.39 Å². The van der Waals surface area contributed by atoms with Gasteiger partial charge >= 0.3 is 0 Å². The van der Waals surface area contributed by atoms with Crippen LogP contribution in [-0.2, 0) is 0 Å². The van der Waals surface area contributed by atoms with Gasteiger partial charge < -0.3 is 0 Å². The summed E-state index contributed by atoms with van der Waals surface area (Å²) in [6.07, 6.45) is 0. The Morgan fingerprint density at radius 1 is 0.688 bits per heavy atom. The minimum absolute atomic E-state index is 0.0527. The van der Waals surface area contributed by atoms with Crippen LogP contribution >= 0.6 is 0 Å². The maximum atomic E-state index is 13.9. The topological polar surface area (TPSA) is 0 Å². The molecule has 0 unspecified atom stereocenters. The van der Waals surface area contributed by atoms with Crippen LogP contribution in [0.25, 0.3) is 0 Å². The highest BCUT2D eigenvalue weighted by Gasteiger charge is 2.16. The predicted octanol–water partition coefficient (Wildman–Crippen LogP) is 5.20. The molecule has 0 aliphatic rings. The van der Waals surface area contributed by atoms with Crippen molar-refractivity contribution in [3.05, 3.63) is 34.6 Å². The summed E-state index contributed by atoms with van der Waals surface area (Å²) in [5.74, 6) is 1.03. The lowest BCUT2D eigenvalue weighted by atomic mass is 9.87. The smallest absolute Gasteiger partial charge is 0.126 e. The van der Waals surface area contributed by atoms with E-state index in [1.165, 1.54) is 5.56 Å². The average molecular weight is 222 g/mol. The van der Waals surface area contributed by atoms with Gasteiger partial charge in [-0.1, -0.05) is 47.6 Å². The fraction of sp³-hybridized carbons (Fsp3) is 0.600. The SMILES string of the molecule is CC(C)c1cc(C(C)C)c(C(C)C)cc1F. The Labute approximate surface area is 98.9 Å². The molecule has 0 amide bonds. The molecule has 0 spiro atoms. The highest BCUT2D eigenvalue weighted by molar-refractivity contribution is 5.38. The van der Waals surface area contributed by atoms with Crippen LogP contribution < -0.4 is 0 Å². The van der Waals surface area contributed by atoms with Crippen molar-refractivity contribution in [3.8, 4) is 0 Å². The molecule has 0 N–H and O–H groups in total. The first-order valence-corrected chi connectivity index (χ1v) is 6.17. The molecule has 16 heavy (non-hydrogen) atoms. The Morgan fingerprint density at radius 2 is 1.06 bits per heavy atom. The number of halogens is 1. The summed E-state index contributed by atoms with van der Waals surface area (Å²) in [5.41, 5.74) is 3.28. The molecule has 0 aliphatic heterocycles. The van der Waals surface area contributed by atoms with Gasteiger partial charge in [0.2, 0.25) is 0 Å². The molecular weight excluding hydrogens is 199 g/mol. The molecule has 0 nitrogen and oxygen atoms in total. The van der Waals surface area contributed by atoms with E-state index in [4.69, 9.17) is 0 Å². The van der Waals surface area contributed by atoms with E-state index in [1.807, 2.05) is 13.8 Å². The molecule has 1 aromatic carbocycles. The van der Waals surface area contributed by atoms with E-state index >= 15 is 0 Å². The number of rotatable bonds is 3. The Kier molecular flexibility index (Phi) is 4.12. The van der Waals surface area contributed by atoms with Gasteiger partial charge in [0.1, 0.15) is 5.82 Å². The minimum Gasteiger partial charge on any atom is -0.207 e. The van der Waals surface area contributed by atoms with Crippen molar-refractivity contribution in [1.29, 1.82) is 0 Å². The molecule has 0 radical (unpaired) electrons. The van der Waals surface area contributed by atoms with Crippen molar-refractivity contribution < 1.29 is 4.39 Å². The molecular formula is C15H23F. The summed E-state index contributed by atoms with van der Waals surface area (Å²) < 4.78 is 13.9. The number of hydrogen-bond donors (Lipinski definition) is 0. The number of benzene rings is 1. The average Bonchev–Trinajstić information content (AvgIpc) is 2.15. The first-order chi connectivity index (χ1) is 7.34. The van der Waals surface area contributed by atoms with E-state index < -0.39 is 0 Å². The van der Waals surface area contributed by atoms with Gasteiger partial charge in [-0.2, -0.15) is 0 Å². The molecule has 0 aromatic heterocycles. The Balaban J connectivity index is 3.37. The molecule has 1 aromatic rings. The molecule has 0 aliphatic carbocycles. The largest absolute Gasteiger partial charge is 0.207 e. The quantitative estimate of drug-likeness (QED) is 0.659. The van der Waals surface area contributed by atoms with Crippen LogP contribution in [-0.4, -0.2) is 0 Å². The first kappa shape index (κ1) is 13.2. The lowest BCUT2D eigenvalue weighted by Gasteiger charge is -2.19. The maximum absolute atomic E-state index is 13.9. The monoisotopic (exact) mass is 222 g/mol. The third-order valence-corrected chi connectivity index (χ3v) is 3.07. The Morgan fingerprint density at radius 3 is 1.44 bits per heavy atom. The van der Waals surface area contributed by atoms with Crippen molar-refractivity contribution in [2.24, 2.45) is 0 Å². The van der Waals surface area contributed by atoms with Crippen LogP contribution in [0.5, 0.6) is 0 Å². The molecule has 0 bridgehead atoms. The third kappa shape index (κ3) is 2.63. The van der Waals surface area contributed by atoms with E-state index in [0.717, 1.165) is 11.1 Å². The van der Waals surface area contributed by atoms with E-state index in [2.05, 4.69) is 33.8 Å². The van der Waals surface area contributed by atoms with Crippen molar-refractivity contribution in [1.82, 2.24) is 0 Å². The van der Waals surface area contributed by atoms with Gasteiger partial charge in [0.25, 0.3) is 0 Å². The molecule has 90 valence electrons. The summed E-state index contributed by atoms with van der Waals surface area (Å²) in [7, 11) is 0. The van der Waals surface area contributed by atoms with Gasteiger partial charge in [-0.25, -0.2) is 4.39 Å². The molecule has 0 saturated carbocycles. The van der Waals surface area contributed by atoms with Crippen molar-refractivity contribution in [2.45, 2.75) is 59.3 Å². The Bertz CT molecular complexity index is 362. The van der Waals surface area contributed by atoms with Gasteiger partial charge in [0.15, 0.2) is 0 Å². The minimum atomic E-state index is -0.0527. The zero-order valence-corrected chi connectivity index (χ0v) is 11.3. The van der Waals surface area contributed by atoms with E-state index in [1.54, 1.807) is 6.07 Å². The summed E-state index contributed by atoms with van der Waals surface area (Å²) in [6, 6.07) is 3.79. The molecule has 0 fully saturated rings. The third-order valence-electron chi connectivity index (χ3n) is 3.07. The number of hydrogen-bond acceptors (Lipinski definition) is 0. The fourth-order valence-corrected chi connectivity index (χ4v) is 2.07. The first-order valence-electron chi connectivity index (χ1n) is 6.17. The van der Waals surface area contributed by atoms with Crippen molar-refractivity contribution in [2.75, 3.05) is 0 Å². The molecule has 0 atom stereocenters. The normalized spacial score (nSPS) is 11.9. The van der Waals surface area contributed by atoms with Crippen LogP contribution in [0.4, 0.5) is 4.39 Å². The standard InChI is InChI=1S/C15H23F/c1-9(2)12-7-14(11(5)6)15(16)8-13(12)10(3)4/h7-11H,1-6H3. The molecule has 0 heterocycles. The van der Waals surface area contributed by atoms with E-state index in [-0.39, 0.29) is 11.7 Å². The highest BCUT2D eigenvalue weighted by Crippen LogP contribution is 2.31. The fourth-order valence-electron chi connectivity index (χ4n) is 2.07. The lowest BCUT2D eigenvalue weighted by molar-refractivity contribution is 0.590. The second kappa shape index (κ2) is 4.99. The molecule has 1 heteroatoms. The van der Waals surface area contributed by atoms with Crippen LogP contribution in [0, 0.1) is 5.82 Å². The van der Waals surface area contributed by atoms with Crippen LogP contribution in [0.1, 0.15) is 76.0 Å². The van der Waals surface area contributed by atoms with Crippen LogP contribution in [0.3, 0.4) is 0 Å². The van der Waals surface area contributed by atoms with Gasteiger partial charge in [-0.15, -0.1) is 0 Å². The summed E-state index contributed by atoms with van der Waals surface area (Å²) in [6.45, 7) is 12.7. The van der Waals surface area contributed by atoms with E-state index in [0.29, 0.717) is 11.8 Å². The lowest BCUT2D eigenvalue weighted by Crippen LogP contribution is -2.04. The molecule has 0 saturated heterocycles. The van der Waals surface area contributed by atoms with Gasteiger partial charge in [0, 0.05) is 0 Å². The second-order valence-corrected chi connectivity index (χ2v) is 5.47. The summed E-state index contributed by atoms with van der Waals surface area (Å²) >= 11 is 0. The highest BCUT2D eigenvalue weighted by atomic mass is 19.1. The summed E-state index contributed by atoms with van der Waals surface area (Å²) in [5, 5.41) is 0. The van der Waals surface area contributed by atoms with Gasteiger partial charge in [0.05, 0.1) is 0 Å². The summed E-state index contributed by atoms with van der Waals surface area (Å²) in [4.78, 5) is 0. The molecule has 1 rings (SSSR count). The maximum Gasteiger partial charge on any atom is 0.126 e. The Hall–Kier alpha value is -0.850.